The Morgan fingerprint density at radius 2 is 1.95 bits per heavy atom. The van der Waals surface area contributed by atoms with Gasteiger partial charge in [-0.3, -0.25) is 0 Å². The van der Waals surface area contributed by atoms with Crippen molar-refractivity contribution in [1.82, 2.24) is 0 Å². The molecule has 3 rings (SSSR count). The van der Waals surface area contributed by atoms with Gasteiger partial charge in [-0.25, -0.2) is 9.38 Å². The molecule has 0 saturated heterocycles. The van der Waals surface area contributed by atoms with Gasteiger partial charge in [-0.15, -0.1) is 0 Å². The highest BCUT2D eigenvalue weighted by atomic mass is 79.9. The van der Waals surface area contributed by atoms with Crippen molar-refractivity contribution in [3.63, 3.8) is 0 Å². The van der Waals surface area contributed by atoms with Crippen molar-refractivity contribution in [3.05, 3.63) is 46.2 Å². The van der Waals surface area contributed by atoms with Gasteiger partial charge in [-0.2, -0.15) is 0 Å². The predicted molar refractivity (Wildman–Crippen MR) is 75.4 cm³/mol. The van der Waals surface area contributed by atoms with E-state index < -0.39 is 5.82 Å². The number of fused-ring (bicyclic) bond motifs is 2. The monoisotopic (exact) mass is 321 g/mol. The topological polar surface area (TPSA) is 73.6 Å². The smallest absolute Gasteiger partial charge is 0.156 e. The number of para-hydroxylation sites is 1. The van der Waals surface area contributed by atoms with E-state index in [0.717, 1.165) is 4.47 Å². The van der Waals surface area contributed by atoms with E-state index in [1.165, 1.54) is 6.07 Å². The molecule has 6 heteroatoms. The molecule has 2 aromatic rings. The third-order valence-electron chi connectivity index (χ3n) is 2.76. The SMILES string of the molecule is NC1=Nc2c(F)cccc2Oc2cc(Br)cc(N)c21. The number of aliphatic imine (C=N–C) groups is 1. The van der Waals surface area contributed by atoms with Crippen LogP contribution in [0.3, 0.4) is 0 Å². The van der Waals surface area contributed by atoms with Gasteiger partial charge in [0, 0.05) is 10.2 Å². The van der Waals surface area contributed by atoms with Crippen LogP contribution >= 0.6 is 15.9 Å². The van der Waals surface area contributed by atoms with Crippen molar-refractivity contribution in [2.75, 3.05) is 5.73 Å². The molecule has 1 aliphatic heterocycles. The first-order valence-corrected chi connectivity index (χ1v) is 6.25. The fraction of sp³-hybridized carbons (Fsp3) is 0. The molecule has 1 aliphatic rings. The van der Waals surface area contributed by atoms with Crippen LogP contribution in [-0.4, -0.2) is 5.84 Å². The van der Waals surface area contributed by atoms with E-state index in [4.69, 9.17) is 16.2 Å². The fourth-order valence-corrected chi connectivity index (χ4v) is 2.39. The van der Waals surface area contributed by atoms with Gasteiger partial charge in [0.1, 0.15) is 17.3 Å². The summed E-state index contributed by atoms with van der Waals surface area (Å²) in [5, 5.41) is 0. The van der Waals surface area contributed by atoms with Crippen LogP contribution in [0.5, 0.6) is 11.5 Å². The van der Waals surface area contributed by atoms with Gasteiger partial charge in [-0.1, -0.05) is 22.0 Å². The van der Waals surface area contributed by atoms with Crippen LogP contribution in [0.25, 0.3) is 0 Å². The lowest BCUT2D eigenvalue weighted by atomic mass is 10.1. The van der Waals surface area contributed by atoms with Gasteiger partial charge in [-0.05, 0) is 24.3 Å². The van der Waals surface area contributed by atoms with Crippen molar-refractivity contribution in [3.8, 4) is 11.5 Å². The molecule has 0 amide bonds. The average molecular weight is 322 g/mol. The van der Waals surface area contributed by atoms with E-state index in [2.05, 4.69) is 20.9 Å². The van der Waals surface area contributed by atoms with E-state index in [9.17, 15) is 4.39 Å². The molecule has 0 aliphatic carbocycles. The number of hydrogen-bond donors (Lipinski definition) is 2. The minimum absolute atomic E-state index is 0.0757. The number of nitrogens with two attached hydrogens (primary N) is 2. The first-order valence-electron chi connectivity index (χ1n) is 5.46. The summed E-state index contributed by atoms with van der Waals surface area (Å²) >= 11 is 3.33. The number of benzene rings is 2. The quantitative estimate of drug-likeness (QED) is 0.731. The molecule has 0 spiro atoms. The van der Waals surface area contributed by atoms with Crippen molar-refractivity contribution in [2.45, 2.75) is 0 Å². The maximum atomic E-state index is 13.7. The summed E-state index contributed by atoms with van der Waals surface area (Å²) in [7, 11) is 0. The zero-order valence-electron chi connectivity index (χ0n) is 9.65. The van der Waals surface area contributed by atoms with E-state index in [1.54, 1.807) is 24.3 Å². The van der Waals surface area contributed by atoms with Crippen LogP contribution < -0.4 is 16.2 Å². The first kappa shape index (κ1) is 12.0. The molecular weight excluding hydrogens is 313 g/mol. The highest BCUT2D eigenvalue weighted by molar-refractivity contribution is 9.10. The van der Waals surface area contributed by atoms with Crippen molar-refractivity contribution < 1.29 is 9.13 Å². The molecule has 4 nitrogen and oxygen atoms in total. The zero-order valence-corrected chi connectivity index (χ0v) is 11.2. The molecule has 0 aromatic heterocycles. The Labute approximate surface area is 117 Å². The molecule has 96 valence electrons. The summed E-state index contributed by atoms with van der Waals surface area (Å²) in [6.07, 6.45) is 0. The van der Waals surface area contributed by atoms with Crippen molar-refractivity contribution in [2.24, 2.45) is 10.7 Å². The molecular formula is C13H9BrFN3O. The number of rotatable bonds is 0. The summed E-state index contributed by atoms with van der Waals surface area (Å²) in [4.78, 5) is 4.07. The number of nitrogens with zero attached hydrogens (tertiary/aromatic N) is 1. The molecule has 1 heterocycles. The van der Waals surface area contributed by atoms with E-state index in [0.29, 0.717) is 22.7 Å². The highest BCUT2D eigenvalue weighted by Gasteiger charge is 2.21. The Morgan fingerprint density at radius 3 is 2.74 bits per heavy atom. The molecule has 0 atom stereocenters. The number of halogens is 2. The summed E-state index contributed by atoms with van der Waals surface area (Å²) in [6, 6.07) is 7.88. The highest BCUT2D eigenvalue weighted by Crippen LogP contribution is 2.41. The zero-order chi connectivity index (χ0) is 13.6. The third-order valence-corrected chi connectivity index (χ3v) is 3.21. The lowest BCUT2D eigenvalue weighted by Crippen LogP contribution is -2.15. The second-order valence-electron chi connectivity index (χ2n) is 4.05. The largest absolute Gasteiger partial charge is 0.454 e. The van der Waals surface area contributed by atoms with Crippen molar-refractivity contribution >= 4 is 33.1 Å². The molecule has 0 bridgehead atoms. The first-order chi connectivity index (χ1) is 9.06. The summed E-state index contributed by atoms with van der Waals surface area (Å²) in [5.74, 6) is 0.381. The Hall–Kier alpha value is -2.08. The van der Waals surface area contributed by atoms with Gasteiger partial charge in [0.25, 0.3) is 0 Å². The fourth-order valence-electron chi connectivity index (χ4n) is 1.94. The second kappa shape index (κ2) is 4.24. The Morgan fingerprint density at radius 1 is 1.16 bits per heavy atom. The third kappa shape index (κ3) is 1.94. The maximum absolute atomic E-state index is 13.7. The van der Waals surface area contributed by atoms with Crippen LogP contribution in [0.2, 0.25) is 0 Å². The van der Waals surface area contributed by atoms with Gasteiger partial charge >= 0.3 is 0 Å². The predicted octanol–water partition coefficient (Wildman–Crippen LogP) is 3.31. The lowest BCUT2D eigenvalue weighted by molar-refractivity contribution is 0.480. The van der Waals surface area contributed by atoms with Crippen LogP contribution in [0.15, 0.2) is 39.8 Å². The molecule has 0 saturated carbocycles. The number of ether oxygens (including phenoxy) is 1. The minimum atomic E-state index is -0.495. The van der Waals surface area contributed by atoms with Gasteiger partial charge in [0.15, 0.2) is 11.6 Å². The van der Waals surface area contributed by atoms with Crippen LogP contribution in [0.1, 0.15) is 5.56 Å². The number of amidine groups is 1. The lowest BCUT2D eigenvalue weighted by Gasteiger charge is -2.11. The van der Waals surface area contributed by atoms with Gasteiger partial charge in [0.05, 0.1) is 5.56 Å². The Kier molecular flexibility index (Phi) is 2.67. The van der Waals surface area contributed by atoms with E-state index in [-0.39, 0.29) is 11.5 Å². The van der Waals surface area contributed by atoms with Crippen molar-refractivity contribution in [1.29, 1.82) is 0 Å². The number of nitrogen functional groups attached to an aromatic ring is 1. The summed E-state index contributed by atoms with van der Waals surface area (Å²) < 4.78 is 20.2. The molecule has 2 aromatic carbocycles. The van der Waals surface area contributed by atoms with E-state index >= 15 is 0 Å². The number of anilines is 1. The molecule has 0 fully saturated rings. The van der Waals surface area contributed by atoms with Gasteiger partial charge in [0.2, 0.25) is 0 Å². The maximum Gasteiger partial charge on any atom is 0.156 e. The Balaban J connectivity index is 2.31. The number of hydrogen-bond acceptors (Lipinski definition) is 4. The molecule has 0 radical (unpaired) electrons. The Bertz CT molecular complexity index is 715. The second-order valence-corrected chi connectivity index (χ2v) is 4.97. The molecule has 19 heavy (non-hydrogen) atoms. The minimum Gasteiger partial charge on any atom is -0.454 e. The molecule has 4 N–H and O–H groups in total. The average Bonchev–Trinajstić information content (AvgIpc) is 2.46. The van der Waals surface area contributed by atoms with E-state index in [1.807, 2.05) is 0 Å². The van der Waals surface area contributed by atoms with Crippen LogP contribution in [0.4, 0.5) is 15.8 Å². The summed E-state index contributed by atoms with van der Waals surface area (Å²) in [5.41, 5.74) is 12.8. The normalized spacial score (nSPS) is 12.8. The van der Waals surface area contributed by atoms with Gasteiger partial charge < -0.3 is 16.2 Å². The summed E-state index contributed by atoms with van der Waals surface area (Å²) in [6.45, 7) is 0. The standard InChI is InChI=1S/C13H9BrFN3O/c14-6-4-8(16)11-10(5-6)19-9-3-1-2-7(15)12(9)18-13(11)17/h1-5H,16H2,(H2,17,18). The van der Waals surface area contributed by atoms with Crippen LogP contribution in [0, 0.1) is 5.82 Å². The van der Waals surface area contributed by atoms with Crippen LogP contribution in [-0.2, 0) is 0 Å². The molecule has 0 unspecified atom stereocenters.